The minimum atomic E-state index is 0.527. The zero-order valence-corrected chi connectivity index (χ0v) is 9.35. The second-order valence-electron chi connectivity index (χ2n) is 2.89. The highest BCUT2D eigenvalue weighted by molar-refractivity contribution is 9.10. The number of aryl methyl sites for hydroxylation is 1. The molecule has 66 valence electrons. The highest BCUT2D eigenvalue weighted by atomic mass is 79.9. The summed E-state index contributed by atoms with van der Waals surface area (Å²) in [4.78, 5) is 4.25. The van der Waals surface area contributed by atoms with Gasteiger partial charge in [-0.2, -0.15) is 0 Å². The molecule has 0 spiro atoms. The number of nitrogens with zero attached hydrogens (tertiary/aromatic N) is 1. The van der Waals surface area contributed by atoms with E-state index in [1.54, 1.807) is 0 Å². The summed E-state index contributed by atoms with van der Waals surface area (Å²) < 4.78 is 0.982. The van der Waals surface area contributed by atoms with Gasteiger partial charge in [-0.1, -0.05) is 17.7 Å². The van der Waals surface area contributed by atoms with Gasteiger partial charge >= 0.3 is 0 Å². The molecule has 0 aliphatic rings. The van der Waals surface area contributed by atoms with Crippen molar-refractivity contribution < 1.29 is 0 Å². The van der Waals surface area contributed by atoms with Gasteiger partial charge in [-0.25, -0.2) is 4.98 Å². The molecule has 0 radical (unpaired) electrons. The van der Waals surface area contributed by atoms with Crippen LogP contribution in [0.2, 0.25) is 5.15 Å². The lowest BCUT2D eigenvalue weighted by molar-refractivity contribution is 1.38. The summed E-state index contributed by atoms with van der Waals surface area (Å²) in [5.74, 6) is 0. The molecular weight excluding hydrogens is 249 g/mol. The zero-order valence-electron chi connectivity index (χ0n) is 7.01. The Morgan fingerprint density at radius 2 is 2.00 bits per heavy atom. The fourth-order valence-electron chi connectivity index (χ4n) is 1.30. The molecule has 0 aliphatic heterocycles. The first-order chi connectivity index (χ1) is 6.18. The Labute approximate surface area is 89.9 Å². The molecule has 0 aliphatic carbocycles. The van der Waals surface area contributed by atoms with E-state index in [1.165, 1.54) is 5.56 Å². The standard InChI is InChI=1S/C10H7BrClN/c1-6-2-4-8(11)10-7(6)3-5-9(12)13-10/h2-5H,1H3. The average molecular weight is 257 g/mol. The van der Waals surface area contributed by atoms with Crippen molar-refractivity contribution in [1.29, 1.82) is 0 Å². The molecule has 0 atom stereocenters. The van der Waals surface area contributed by atoms with Crippen LogP contribution in [0.1, 0.15) is 5.56 Å². The molecule has 0 amide bonds. The number of fused-ring (bicyclic) bond motifs is 1. The largest absolute Gasteiger partial charge is 0.235 e. The number of hydrogen-bond acceptors (Lipinski definition) is 1. The van der Waals surface area contributed by atoms with Crippen LogP contribution in [0.15, 0.2) is 28.7 Å². The predicted molar refractivity (Wildman–Crippen MR) is 59.2 cm³/mol. The molecule has 0 fully saturated rings. The van der Waals surface area contributed by atoms with Crippen molar-refractivity contribution in [2.45, 2.75) is 6.92 Å². The lowest BCUT2D eigenvalue weighted by Crippen LogP contribution is -1.84. The van der Waals surface area contributed by atoms with E-state index in [-0.39, 0.29) is 0 Å². The van der Waals surface area contributed by atoms with Gasteiger partial charge in [-0.05, 0) is 46.6 Å². The molecular formula is C10H7BrClN. The van der Waals surface area contributed by atoms with Crippen molar-refractivity contribution in [2.24, 2.45) is 0 Å². The van der Waals surface area contributed by atoms with E-state index in [9.17, 15) is 0 Å². The predicted octanol–water partition coefficient (Wildman–Crippen LogP) is 3.96. The van der Waals surface area contributed by atoms with E-state index in [1.807, 2.05) is 18.2 Å². The van der Waals surface area contributed by atoms with E-state index in [4.69, 9.17) is 11.6 Å². The maximum Gasteiger partial charge on any atom is 0.129 e. The van der Waals surface area contributed by atoms with E-state index in [0.717, 1.165) is 15.4 Å². The van der Waals surface area contributed by atoms with Gasteiger partial charge in [0.05, 0.1) is 5.52 Å². The highest BCUT2D eigenvalue weighted by Gasteiger charge is 2.02. The third-order valence-electron chi connectivity index (χ3n) is 1.99. The summed E-state index contributed by atoms with van der Waals surface area (Å²) in [6.07, 6.45) is 0. The van der Waals surface area contributed by atoms with Crippen LogP contribution in [0.3, 0.4) is 0 Å². The lowest BCUT2D eigenvalue weighted by atomic mass is 10.1. The molecule has 0 N–H and O–H groups in total. The smallest absolute Gasteiger partial charge is 0.129 e. The van der Waals surface area contributed by atoms with Gasteiger partial charge < -0.3 is 0 Å². The number of aromatic nitrogens is 1. The second kappa shape index (κ2) is 3.28. The summed E-state index contributed by atoms with van der Waals surface area (Å²) in [6.45, 7) is 2.06. The van der Waals surface area contributed by atoms with Crippen molar-refractivity contribution >= 4 is 38.4 Å². The Balaban J connectivity index is 2.92. The average Bonchev–Trinajstić information content (AvgIpc) is 2.12. The van der Waals surface area contributed by atoms with Gasteiger partial charge in [0.2, 0.25) is 0 Å². The third-order valence-corrected chi connectivity index (χ3v) is 2.84. The maximum absolute atomic E-state index is 5.81. The summed E-state index contributed by atoms with van der Waals surface area (Å²) >= 11 is 9.26. The number of hydrogen-bond donors (Lipinski definition) is 0. The van der Waals surface area contributed by atoms with E-state index in [2.05, 4.69) is 33.9 Å². The molecule has 3 heteroatoms. The Hall–Kier alpha value is -0.600. The summed E-state index contributed by atoms with van der Waals surface area (Å²) in [7, 11) is 0. The zero-order chi connectivity index (χ0) is 9.42. The molecule has 0 unspecified atom stereocenters. The van der Waals surface area contributed by atoms with Gasteiger partial charge in [0.25, 0.3) is 0 Å². The molecule has 0 saturated carbocycles. The van der Waals surface area contributed by atoms with Gasteiger partial charge in [-0.3, -0.25) is 0 Å². The molecule has 2 rings (SSSR count). The normalized spacial score (nSPS) is 10.7. The van der Waals surface area contributed by atoms with Crippen LogP contribution >= 0.6 is 27.5 Å². The van der Waals surface area contributed by atoms with Crippen molar-refractivity contribution in [2.75, 3.05) is 0 Å². The Morgan fingerprint density at radius 1 is 1.23 bits per heavy atom. The molecule has 13 heavy (non-hydrogen) atoms. The van der Waals surface area contributed by atoms with Crippen LogP contribution in [0.5, 0.6) is 0 Å². The minimum absolute atomic E-state index is 0.527. The third kappa shape index (κ3) is 1.56. The first-order valence-electron chi connectivity index (χ1n) is 3.90. The fourth-order valence-corrected chi connectivity index (χ4v) is 1.88. The Morgan fingerprint density at radius 3 is 2.77 bits per heavy atom. The summed E-state index contributed by atoms with van der Waals surface area (Å²) in [5, 5.41) is 1.66. The first kappa shape index (κ1) is 8.97. The van der Waals surface area contributed by atoms with Gasteiger partial charge in [0.15, 0.2) is 0 Å². The van der Waals surface area contributed by atoms with Crippen LogP contribution in [0.4, 0.5) is 0 Å². The number of pyridine rings is 1. The van der Waals surface area contributed by atoms with Crippen molar-refractivity contribution in [1.82, 2.24) is 4.98 Å². The van der Waals surface area contributed by atoms with Crippen LogP contribution in [0.25, 0.3) is 10.9 Å². The molecule has 1 aromatic carbocycles. The lowest BCUT2D eigenvalue weighted by Gasteiger charge is -2.03. The molecule has 1 aromatic heterocycles. The highest BCUT2D eigenvalue weighted by Crippen LogP contribution is 2.26. The molecule has 1 heterocycles. The SMILES string of the molecule is Cc1ccc(Br)c2nc(Cl)ccc12. The van der Waals surface area contributed by atoms with E-state index < -0.39 is 0 Å². The second-order valence-corrected chi connectivity index (χ2v) is 4.14. The van der Waals surface area contributed by atoms with Crippen molar-refractivity contribution in [3.63, 3.8) is 0 Å². The Bertz CT molecular complexity index is 468. The maximum atomic E-state index is 5.81. The van der Waals surface area contributed by atoms with E-state index >= 15 is 0 Å². The molecule has 0 bridgehead atoms. The van der Waals surface area contributed by atoms with Gasteiger partial charge in [-0.15, -0.1) is 0 Å². The molecule has 2 aromatic rings. The van der Waals surface area contributed by atoms with Crippen molar-refractivity contribution in [3.05, 3.63) is 39.5 Å². The van der Waals surface area contributed by atoms with Crippen LogP contribution < -0.4 is 0 Å². The number of halogens is 2. The van der Waals surface area contributed by atoms with Gasteiger partial charge in [0, 0.05) is 9.86 Å². The monoisotopic (exact) mass is 255 g/mol. The number of rotatable bonds is 0. The van der Waals surface area contributed by atoms with Gasteiger partial charge in [0.1, 0.15) is 5.15 Å². The fraction of sp³-hybridized carbons (Fsp3) is 0.100. The topological polar surface area (TPSA) is 12.9 Å². The first-order valence-corrected chi connectivity index (χ1v) is 5.07. The molecule has 1 nitrogen and oxygen atoms in total. The quantitative estimate of drug-likeness (QED) is 0.650. The van der Waals surface area contributed by atoms with Crippen LogP contribution in [0, 0.1) is 6.92 Å². The summed E-state index contributed by atoms with van der Waals surface area (Å²) in [5.41, 5.74) is 2.13. The van der Waals surface area contributed by atoms with E-state index in [0.29, 0.717) is 5.15 Å². The minimum Gasteiger partial charge on any atom is -0.235 e. The van der Waals surface area contributed by atoms with Crippen LogP contribution in [-0.2, 0) is 0 Å². The molecule has 0 saturated heterocycles. The summed E-state index contributed by atoms with van der Waals surface area (Å²) in [6, 6.07) is 7.84. The Kier molecular flexibility index (Phi) is 2.26. The number of benzene rings is 1. The van der Waals surface area contributed by atoms with Crippen molar-refractivity contribution in [3.8, 4) is 0 Å². The van der Waals surface area contributed by atoms with Crippen LogP contribution in [-0.4, -0.2) is 4.98 Å².